The Labute approximate surface area is 436 Å². The van der Waals surface area contributed by atoms with Crippen LogP contribution in [0.4, 0.5) is 17.1 Å². The SMILES string of the molecule is c1ccc(-c2ccc(-c3ccccc3)c(N(c3ccc(-c4ccc(-c5ccccc5-n5c6ccccc6c6ccccc65)cc4)cc3)c3ccc(-c4ccccc4-n4c5ccccc5c5ccccc54)cc3)c2)cc1. The number of anilines is 3. The molecule has 3 heteroatoms. The zero-order valence-corrected chi connectivity index (χ0v) is 41.1. The van der Waals surface area contributed by atoms with Crippen LogP contribution in [0, 0.1) is 0 Å². The fraction of sp³-hybridized carbons (Fsp3) is 0. The fourth-order valence-electron chi connectivity index (χ4n) is 11.4. The highest BCUT2D eigenvalue weighted by atomic mass is 15.1. The monoisotopic (exact) mass is 955 g/mol. The van der Waals surface area contributed by atoms with Crippen molar-refractivity contribution in [3.8, 4) is 67.0 Å². The highest BCUT2D eigenvalue weighted by Crippen LogP contribution is 2.45. The van der Waals surface area contributed by atoms with E-state index in [9.17, 15) is 0 Å². The molecule has 352 valence electrons. The van der Waals surface area contributed by atoms with Crippen LogP contribution in [0.2, 0.25) is 0 Å². The molecule has 12 aromatic carbocycles. The van der Waals surface area contributed by atoms with Crippen LogP contribution < -0.4 is 4.90 Å². The second kappa shape index (κ2) is 18.6. The molecule has 0 radical (unpaired) electrons. The summed E-state index contributed by atoms with van der Waals surface area (Å²) in [6, 6.07) is 108. The lowest BCUT2D eigenvalue weighted by molar-refractivity contribution is 1.18. The summed E-state index contributed by atoms with van der Waals surface area (Å²) in [7, 11) is 0. The van der Waals surface area contributed by atoms with Crippen molar-refractivity contribution in [3.63, 3.8) is 0 Å². The van der Waals surface area contributed by atoms with Crippen LogP contribution in [0.1, 0.15) is 0 Å². The van der Waals surface area contributed by atoms with Crippen molar-refractivity contribution in [2.75, 3.05) is 4.90 Å². The molecule has 0 N–H and O–H groups in total. The Balaban J connectivity index is 0.865. The van der Waals surface area contributed by atoms with E-state index in [2.05, 4.69) is 311 Å². The second-order valence-electron chi connectivity index (χ2n) is 19.2. The van der Waals surface area contributed by atoms with Crippen LogP contribution >= 0.6 is 0 Å². The second-order valence-corrected chi connectivity index (χ2v) is 19.2. The van der Waals surface area contributed by atoms with Gasteiger partial charge in [0.05, 0.1) is 39.1 Å². The minimum Gasteiger partial charge on any atom is -0.310 e. The quantitative estimate of drug-likeness (QED) is 0.133. The van der Waals surface area contributed by atoms with Gasteiger partial charge in [-0.05, 0) is 106 Å². The first-order valence-electron chi connectivity index (χ1n) is 25.8. The molecule has 0 unspecified atom stereocenters. The van der Waals surface area contributed by atoms with Gasteiger partial charge in [-0.25, -0.2) is 0 Å². The molecule has 0 spiro atoms. The topological polar surface area (TPSA) is 13.1 Å². The molecule has 14 aromatic rings. The number of hydrogen-bond donors (Lipinski definition) is 0. The van der Waals surface area contributed by atoms with E-state index in [1.165, 1.54) is 71.6 Å². The van der Waals surface area contributed by atoms with E-state index < -0.39 is 0 Å². The van der Waals surface area contributed by atoms with Gasteiger partial charge in [-0.2, -0.15) is 0 Å². The Morgan fingerprint density at radius 2 is 0.520 bits per heavy atom. The first-order chi connectivity index (χ1) is 37.2. The lowest BCUT2D eigenvalue weighted by Crippen LogP contribution is -2.11. The number of fused-ring (bicyclic) bond motifs is 6. The average molecular weight is 956 g/mol. The average Bonchev–Trinajstić information content (AvgIpc) is 4.02. The summed E-state index contributed by atoms with van der Waals surface area (Å²) in [5, 5.41) is 5.02. The van der Waals surface area contributed by atoms with Crippen molar-refractivity contribution in [3.05, 3.63) is 297 Å². The number of hydrogen-bond acceptors (Lipinski definition) is 1. The van der Waals surface area contributed by atoms with Gasteiger partial charge in [0.15, 0.2) is 0 Å². The zero-order valence-electron chi connectivity index (χ0n) is 41.1. The van der Waals surface area contributed by atoms with Crippen molar-refractivity contribution in [1.29, 1.82) is 0 Å². The highest BCUT2D eigenvalue weighted by Gasteiger charge is 2.21. The van der Waals surface area contributed by atoms with Gasteiger partial charge in [0.1, 0.15) is 0 Å². The summed E-state index contributed by atoms with van der Waals surface area (Å²) >= 11 is 0. The first-order valence-corrected chi connectivity index (χ1v) is 25.8. The zero-order chi connectivity index (χ0) is 49.7. The predicted octanol–water partition coefficient (Wildman–Crippen LogP) is 19.7. The van der Waals surface area contributed by atoms with Gasteiger partial charge in [0.2, 0.25) is 0 Å². The Hall–Kier alpha value is -9.96. The Kier molecular flexibility index (Phi) is 10.8. The van der Waals surface area contributed by atoms with Crippen LogP contribution in [0.5, 0.6) is 0 Å². The summed E-state index contributed by atoms with van der Waals surface area (Å²) in [5.41, 5.74) is 22.0. The van der Waals surface area contributed by atoms with Crippen molar-refractivity contribution < 1.29 is 0 Å². The molecular formula is C72H49N3. The summed E-state index contributed by atoms with van der Waals surface area (Å²) in [6.45, 7) is 0. The first kappa shape index (κ1) is 43.8. The molecule has 0 fully saturated rings. The molecule has 14 rings (SSSR count). The molecule has 2 heterocycles. The smallest absolute Gasteiger partial charge is 0.0546 e. The van der Waals surface area contributed by atoms with Crippen LogP contribution in [0.15, 0.2) is 297 Å². The van der Waals surface area contributed by atoms with Crippen molar-refractivity contribution in [1.82, 2.24) is 9.13 Å². The van der Waals surface area contributed by atoms with E-state index in [4.69, 9.17) is 0 Å². The number of rotatable bonds is 10. The third-order valence-corrected chi connectivity index (χ3v) is 15.0. The van der Waals surface area contributed by atoms with Crippen LogP contribution in [-0.4, -0.2) is 9.13 Å². The van der Waals surface area contributed by atoms with E-state index in [-0.39, 0.29) is 0 Å². The number of para-hydroxylation sites is 6. The molecule has 0 amide bonds. The molecule has 0 aliphatic heterocycles. The van der Waals surface area contributed by atoms with Crippen molar-refractivity contribution in [2.24, 2.45) is 0 Å². The molecule has 0 aliphatic rings. The van der Waals surface area contributed by atoms with Crippen LogP contribution in [0.3, 0.4) is 0 Å². The molecule has 0 bridgehead atoms. The Morgan fingerprint density at radius 3 is 0.973 bits per heavy atom. The molecule has 0 saturated carbocycles. The van der Waals surface area contributed by atoms with Gasteiger partial charge in [-0.1, -0.05) is 231 Å². The van der Waals surface area contributed by atoms with Gasteiger partial charge in [0, 0.05) is 49.6 Å². The van der Waals surface area contributed by atoms with Crippen LogP contribution in [-0.2, 0) is 0 Å². The minimum atomic E-state index is 1.06. The maximum absolute atomic E-state index is 2.43. The number of nitrogens with zero attached hydrogens (tertiary/aromatic N) is 3. The van der Waals surface area contributed by atoms with E-state index >= 15 is 0 Å². The third kappa shape index (κ3) is 7.69. The van der Waals surface area contributed by atoms with Crippen molar-refractivity contribution in [2.45, 2.75) is 0 Å². The summed E-state index contributed by atoms with van der Waals surface area (Å²) in [4.78, 5) is 2.43. The highest BCUT2D eigenvalue weighted by molar-refractivity contribution is 6.11. The minimum absolute atomic E-state index is 1.06. The molecule has 2 aromatic heterocycles. The van der Waals surface area contributed by atoms with Gasteiger partial charge >= 0.3 is 0 Å². The van der Waals surface area contributed by atoms with E-state index in [0.717, 1.165) is 56.1 Å². The third-order valence-electron chi connectivity index (χ3n) is 15.0. The molecule has 75 heavy (non-hydrogen) atoms. The maximum atomic E-state index is 2.43. The van der Waals surface area contributed by atoms with Gasteiger partial charge in [-0.3, -0.25) is 0 Å². The van der Waals surface area contributed by atoms with Gasteiger partial charge < -0.3 is 14.0 Å². The normalized spacial score (nSPS) is 11.5. The molecule has 0 aliphatic carbocycles. The Bertz CT molecular complexity index is 4270. The summed E-state index contributed by atoms with van der Waals surface area (Å²) in [5.74, 6) is 0. The van der Waals surface area contributed by atoms with Gasteiger partial charge in [0.25, 0.3) is 0 Å². The fourth-order valence-corrected chi connectivity index (χ4v) is 11.4. The summed E-state index contributed by atoms with van der Waals surface area (Å²) in [6.07, 6.45) is 0. The molecular weight excluding hydrogens is 907 g/mol. The van der Waals surface area contributed by atoms with E-state index in [1.807, 2.05) is 0 Å². The van der Waals surface area contributed by atoms with Gasteiger partial charge in [-0.15, -0.1) is 0 Å². The predicted molar refractivity (Wildman–Crippen MR) is 317 cm³/mol. The van der Waals surface area contributed by atoms with E-state index in [0.29, 0.717) is 0 Å². The number of aromatic nitrogens is 2. The number of benzene rings is 12. The Morgan fingerprint density at radius 1 is 0.213 bits per heavy atom. The maximum Gasteiger partial charge on any atom is 0.0546 e. The lowest BCUT2D eigenvalue weighted by atomic mass is 9.96. The molecule has 0 atom stereocenters. The standard InChI is InChI=1S/C72H49N3/c1-3-19-50(20-4-1)56-43-48-61(53-21-5-2-6-22-53)72(49-56)73(58-46-41-55(42-47-58)60-24-8-14-30-67(60)75-70-33-17-11-27-64(70)65-28-12-18-34-71(65)75)57-44-39-52(40-45-57)51-35-37-54(38-36-51)59-23-7-13-29-66(59)74-68-31-15-9-25-62(68)63-26-10-16-32-69(63)74/h1-49H. The summed E-state index contributed by atoms with van der Waals surface area (Å²) < 4.78 is 4.83. The van der Waals surface area contributed by atoms with Crippen LogP contribution in [0.25, 0.3) is 111 Å². The molecule has 3 nitrogen and oxygen atoms in total. The largest absolute Gasteiger partial charge is 0.310 e. The van der Waals surface area contributed by atoms with Crippen molar-refractivity contribution >= 4 is 60.7 Å². The molecule has 0 saturated heterocycles. The lowest BCUT2D eigenvalue weighted by Gasteiger charge is -2.29. The van der Waals surface area contributed by atoms with E-state index in [1.54, 1.807) is 0 Å².